The summed E-state index contributed by atoms with van der Waals surface area (Å²) >= 11 is 0. The lowest BCUT2D eigenvalue weighted by molar-refractivity contribution is -0.162. The number of hydrogen-bond donors (Lipinski definition) is 2. The van der Waals surface area contributed by atoms with Crippen molar-refractivity contribution in [2.45, 2.75) is 129 Å². The first-order chi connectivity index (χ1) is 15.5. The molecule has 0 spiro atoms. The zero-order valence-electron chi connectivity index (χ0n) is 20.2. The summed E-state index contributed by atoms with van der Waals surface area (Å²) < 4.78 is 9.95. The van der Waals surface area contributed by atoms with E-state index in [9.17, 15) is 19.5 Å². The van der Waals surface area contributed by atoms with Crippen molar-refractivity contribution in [2.24, 2.45) is 0 Å². The Kier molecular flexibility index (Phi) is 21.4. The molecule has 0 heterocycles. The van der Waals surface area contributed by atoms with E-state index in [0.717, 1.165) is 19.3 Å². The second-order valence-corrected chi connectivity index (χ2v) is 8.57. The van der Waals surface area contributed by atoms with Gasteiger partial charge >= 0.3 is 17.9 Å². The Labute approximate surface area is 194 Å². The van der Waals surface area contributed by atoms with Crippen LogP contribution in [0.2, 0.25) is 0 Å². The molecule has 0 aliphatic carbocycles. The molecule has 0 aliphatic rings. The smallest absolute Gasteiger partial charge is 0.306 e. The predicted octanol–water partition coefficient (Wildman–Crippen LogP) is 5.56. The van der Waals surface area contributed by atoms with Crippen LogP contribution in [-0.4, -0.2) is 47.4 Å². The predicted molar refractivity (Wildman–Crippen MR) is 124 cm³/mol. The number of carboxylic acid groups (broad SMARTS) is 1. The monoisotopic (exact) mass is 458 g/mol. The molecule has 0 aromatic carbocycles. The molecule has 0 amide bonds. The Morgan fingerprint density at radius 3 is 1.56 bits per heavy atom. The summed E-state index contributed by atoms with van der Waals surface area (Å²) in [6.07, 6.45) is 17.6. The second-order valence-electron chi connectivity index (χ2n) is 8.57. The van der Waals surface area contributed by atoms with Crippen LogP contribution in [0.25, 0.3) is 0 Å². The van der Waals surface area contributed by atoms with Crippen LogP contribution in [0.15, 0.2) is 0 Å². The van der Waals surface area contributed by atoms with E-state index in [-0.39, 0.29) is 25.4 Å². The molecule has 0 aromatic heterocycles. The van der Waals surface area contributed by atoms with E-state index in [1.165, 1.54) is 77.0 Å². The highest BCUT2D eigenvalue weighted by Crippen LogP contribution is 2.14. The number of aliphatic hydroxyl groups excluding tert-OH is 1. The third kappa shape index (κ3) is 21.6. The molecule has 188 valence electrons. The van der Waals surface area contributed by atoms with Gasteiger partial charge < -0.3 is 19.7 Å². The Bertz CT molecular complexity index is 479. The van der Waals surface area contributed by atoms with Crippen LogP contribution in [0.4, 0.5) is 0 Å². The molecule has 32 heavy (non-hydrogen) atoms. The van der Waals surface area contributed by atoms with Gasteiger partial charge in [-0.15, -0.1) is 0 Å². The molecule has 0 fully saturated rings. The number of rotatable bonds is 23. The number of ether oxygens (including phenoxy) is 2. The van der Waals surface area contributed by atoms with Crippen molar-refractivity contribution in [1.29, 1.82) is 0 Å². The van der Waals surface area contributed by atoms with Crippen LogP contribution in [-0.2, 0) is 23.9 Å². The molecule has 0 bridgehead atoms. The summed E-state index contributed by atoms with van der Waals surface area (Å²) in [5.41, 5.74) is 0. The fourth-order valence-electron chi connectivity index (χ4n) is 3.48. The zero-order valence-corrected chi connectivity index (χ0v) is 20.2. The first-order valence-electron chi connectivity index (χ1n) is 12.7. The van der Waals surface area contributed by atoms with Crippen molar-refractivity contribution in [3.05, 3.63) is 0 Å². The Morgan fingerprint density at radius 1 is 0.656 bits per heavy atom. The molecule has 0 saturated heterocycles. The highest BCUT2D eigenvalue weighted by atomic mass is 16.6. The second kappa shape index (κ2) is 22.6. The average molecular weight is 459 g/mol. The summed E-state index contributed by atoms with van der Waals surface area (Å²) in [7, 11) is 0. The summed E-state index contributed by atoms with van der Waals surface area (Å²) in [5.74, 6) is -2.21. The van der Waals surface area contributed by atoms with E-state index in [0.29, 0.717) is 6.42 Å². The van der Waals surface area contributed by atoms with Gasteiger partial charge in [0.2, 0.25) is 0 Å². The number of aliphatic carboxylic acids is 1. The van der Waals surface area contributed by atoms with Crippen molar-refractivity contribution < 1.29 is 34.1 Å². The first kappa shape index (κ1) is 30.4. The van der Waals surface area contributed by atoms with Crippen molar-refractivity contribution in [3.8, 4) is 0 Å². The summed E-state index contributed by atoms with van der Waals surface area (Å²) in [5, 5.41) is 17.7. The standard InChI is InChI=1S/C25H46O7/c1-2-3-4-5-6-7-8-9-10-11-12-13-14-15-16-17-24(29)31-21-22(20-26)32-25(30)19-18-23(27)28/h22,26H,2-21H2,1H3,(H,27,28). The third-order valence-electron chi connectivity index (χ3n) is 5.46. The fraction of sp³-hybridized carbons (Fsp3) is 0.880. The molecule has 0 aromatic rings. The third-order valence-corrected chi connectivity index (χ3v) is 5.46. The SMILES string of the molecule is CCCCCCCCCCCCCCCCCC(=O)OCC(CO)OC(=O)CCC(=O)O. The molecular formula is C25H46O7. The number of carboxylic acids is 1. The van der Waals surface area contributed by atoms with Gasteiger partial charge in [-0.2, -0.15) is 0 Å². The number of unbranched alkanes of at least 4 members (excludes halogenated alkanes) is 14. The average Bonchev–Trinajstić information content (AvgIpc) is 2.77. The largest absolute Gasteiger partial charge is 0.481 e. The van der Waals surface area contributed by atoms with Gasteiger partial charge in [0.25, 0.3) is 0 Å². The highest BCUT2D eigenvalue weighted by molar-refractivity contribution is 5.76. The van der Waals surface area contributed by atoms with Gasteiger partial charge in [0, 0.05) is 6.42 Å². The number of carbonyl (C=O) groups excluding carboxylic acids is 2. The lowest BCUT2D eigenvalue weighted by Gasteiger charge is -2.15. The quantitative estimate of drug-likeness (QED) is 0.152. The van der Waals surface area contributed by atoms with Crippen LogP contribution in [0.5, 0.6) is 0 Å². The first-order valence-corrected chi connectivity index (χ1v) is 12.7. The maximum absolute atomic E-state index is 11.8. The Balaban J connectivity index is 3.48. The van der Waals surface area contributed by atoms with E-state index in [1.54, 1.807) is 0 Å². The van der Waals surface area contributed by atoms with Gasteiger partial charge in [-0.25, -0.2) is 0 Å². The topological polar surface area (TPSA) is 110 Å². The van der Waals surface area contributed by atoms with Gasteiger partial charge in [0.1, 0.15) is 6.61 Å². The van der Waals surface area contributed by atoms with Crippen LogP contribution < -0.4 is 0 Å². The maximum atomic E-state index is 11.8. The molecule has 0 aliphatic heterocycles. The van der Waals surface area contributed by atoms with E-state index in [4.69, 9.17) is 14.6 Å². The van der Waals surface area contributed by atoms with Crippen molar-refractivity contribution in [2.75, 3.05) is 13.2 Å². The van der Waals surface area contributed by atoms with Gasteiger partial charge in [0.05, 0.1) is 19.4 Å². The maximum Gasteiger partial charge on any atom is 0.306 e. The van der Waals surface area contributed by atoms with E-state index in [1.807, 2.05) is 0 Å². The van der Waals surface area contributed by atoms with E-state index in [2.05, 4.69) is 6.92 Å². The van der Waals surface area contributed by atoms with E-state index < -0.39 is 24.6 Å². The zero-order chi connectivity index (χ0) is 23.9. The number of esters is 2. The van der Waals surface area contributed by atoms with Crippen LogP contribution >= 0.6 is 0 Å². The molecular weight excluding hydrogens is 412 g/mol. The molecule has 0 saturated carbocycles. The lowest BCUT2D eigenvalue weighted by Crippen LogP contribution is -2.28. The molecule has 0 radical (unpaired) electrons. The minimum Gasteiger partial charge on any atom is -0.481 e. The van der Waals surface area contributed by atoms with Crippen LogP contribution in [0.1, 0.15) is 122 Å². The van der Waals surface area contributed by atoms with Crippen molar-refractivity contribution in [1.82, 2.24) is 0 Å². The van der Waals surface area contributed by atoms with Gasteiger partial charge in [0.15, 0.2) is 6.10 Å². The summed E-state index contributed by atoms with van der Waals surface area (Å²) in [6.45, 7) is 1.56. The lowest BCUT2D eigenvalue weighted by atomic mass is 10.0. The molecule has 1 unspecified atom stereocenters. The van der Waals surface area contributed by atoms with Gasteiger partial charge in [-0.3, -0.25) is 14.4 Å². The number of carbonyl (C=O) groups is 3. The van der Waals surface area contributed by atoms with Gasteiger partial charge in [-0.1, -0.05) is 96.8 Å². The van der Waals surface area contributed by atoms with Crippen LogP contribution in [0, 0.1) is 0 Å². The molecule has 2 N–H and O–H groups in total. The minimum atomic E-state index is -1.10. The van der Waals surface area contributed by atoms with E-state index >= 15 is 0 Å². The number of hydrogen-bond acceptors (Lipinski definition) is 6. The van der Waals surface area contributed by atoms with Crippen LogP contribution in [0.3, 0.4) is 0 Å². The molecule has 0 rings (SSSR count). The molecule has 1 atom stereocenters. The summed E-state index contributed by atoms with van der Waals surface area (Å²) in [4.78, 5) is 33.7. The minimum absolute atomic E-state index is 0.215. The summed E-state index contributed by atoms with van der Waals surface area (Å²) in [6, 6.07) is 0. The highest BCUT2D eigenvalue weighted by Gasteiger charge is 2.16. The van der Waals surface area contributed by atoms with Crippen molar-refractivity contribution in [3.63, 3.8) is 0 Å². The molecule has 7 nitrogen and oxygen atoms in total. The Morgan fingerprint density at radius 2 is 1.12 bits per heavy atom. The number of aliphatic hydroxyl groups is 1. The normalized spacial score (nSPS) is 11.8. The fourth-order valence-corrected chi connectivity index (χ4v) is 3.48. The van der Waals surface area contributed by atoms with Crippen molar-refractivity contribution >= 4 is 17.9 Å². The molecule has 7 heteroatoms. The Hall–Kier alpha value is -1.63. The van der Waals surface area contributed by atoms with Gasteiger partial charge in [-0.05, 0) is 6.42 Å².